The zero-order chi connectivity index (χ0) is 16.7. The highest BCUT2D eigenvalue weighted by atomic mass is 16.5. The monoisotopic (exact) mass is 321 g/mol. The lowest BCUT2D eigenvalue weighted by Gasteiger charge is -2.30. The van der Waals surface area contributed by atoms with Crippen LogP contribution in [0.2, 0.25) is 0 Å². The van der Waals surface area contributed by atoms with E-state index in [9.17, 15) is 0 Å². The van der Waals surface area contributed by atoms with Crippen LogP contribution in [0.1, 0.15) is 23.6 Å². The molecule has 0 amide bonds. The van der Waals surface area contributed by atoms with Crippen LogP contribution in [0.4, 0.5) is 0 Å². The average Bonchev–Trinajstić information content (AvgIpc) is 2.97. The van der Waals surface area contributed by atoms with Crippen molar-refractivity contribution < 1.29 is 9.47 Å². The van der Waals surface area contributed by atoms with Gasteiger partial charge in [-0.2, -0.15) is 0 Å². The summed E-state index contributed by atoms with van der Waals surface area (Å²) in [6.45, 7) is 4.49. The van der Waals surface area contributed by atoms with Gasteiger partial charge in [0, 0.05) is 30.3 Å². The number of nitrogens with zero attached hydrogens (tertiary/aromatic N) is 1. The Morgan fingerprint density at radius 3 is 2.42 bits per heavy atom. The summed E-state index contributed by atoms with van der Waals surface area (Å²) in [5.74, 6) is 2.15. The number of rotatable bonds is 3. The van der Waals surface area contributed by atoms with E-state index in [1.165, 1.54) is 28.0 Å². The number of ether oxygens (including phenoxy) is 2. The SMILES string of the molecule is COc1cc2c(cc1OC)C1=C(c3ccccc3)C(C)CN1CC2. The summed E-state index contributed by atoms with van der Waals surface area (Å²) in [6, 6.07) is 15.1. The van der Waals surface area contributed by atoms with Crippen LogP contribution >= 0.6 is 0 Å². The summed E-state index contributed by atoms with van der Waals surface area (Å²) in [7, 11) is 3.40. The van der Waals surface area contributed by atoms with E-state index in [4.69, 9.17) is 9.47 Å². The first-order chi connectivity index (χ1) is 11.7. The van der Waals surface area contributed by atoms with Crippen molar-refractivity contribution in [3.05, 3.63) is 59.2 Å². The van der Waals surface area contributed by atoms with Crippen molar-refractivity contribution in [3.63, 3.8) is 0 Å². The molecule has 0 bridgehead atoms. The molecule has 2 aromatic rings. The largest absolute Gasteiger partial charge is 0.493 e. The van der Waals surface area contributed by atoms with Gasteiger partial charge in [-0.25, -0.2) is 0 Å². The lowest BCUT2D eigenvalue weighted by molar-refractivity contribution is 0.351. The average molecular weight is 321 g/mol. The Kier molecular flexibility index (Phi) is 3.72. The molecule has 1 unspecified atom stereocenters. The van der Waals surface area contributed by atoms with E-state index >= 15 is 0 Å². The van der Waals surface area contributed by atoms with E-state index in [0.717, 1.165) is 31.0 Å². The molecule has 3 nitrogen and oxygen atoms in total. The van der Waals surface area contributed by atoms with Crippen LogP contribution in [0.5, 0.6) is 11.5 Å². The van der Waals surface area contributed by atoms with Gasteiger partial charge in [0.2, 0.25) is 0 Å². The Morgan fingerprint density at radius 2 is 1.71 bits per heavy atom. The quantitative estimate of drug-likeness (QED) is 0.850. The summed E-state index contributed by atoms with van der Waals surface area (Å²) in [5.41, 5.74) is 6.79. The van der Waals surface area contributed by atoms with E-state index in [2.05, 4.69) is 54.3 Å². The Balaban J connectivity index is 1.94. The van der Waals surface area contributed by atoms with E-state index in [-0.39, 0.29) is 0 Å². The third kappa shape index (κ3) is 2.27. The molecular weight excluding hydrogens is 298 g/mol. The van der Waals surface area contributed by atoms with Gasteiger partial charge in [-0.3, -0.25) is 0 Å². The fourth-order valence-electron chi connectivity index (χ4n) is 4.08. The van der Waals surface area contributed by atoms with E-state index in [0.29, 0.717) is 5.92 Å². The van der Waals surface area contributed by atoms with Crippen molar-refractivity contribution in [1.82, 2.24) is 4.90 Å². The Labute approximate surface area is 143 Å². The zero-order valence-electron chi connectivity index (χ0n) is 14.5. The van der Waals surface area contributed by atoms with Gasteiger partial charge in [0.1, 0.15) is 0 Å². The van der Waals surface area contributed by atoms with E-state index in [1.807, 2.05) is 0 Å². The number of fused-ring (bicyclic) bond motifs is 3. The second-order valence-corrected chi connectivity index (χ2v) is 6.59. The van der Waals surface area contributed by atoms with Gasteiger partial charge in [-0.1, -0.05) is 37.3 Å². The summed E-state index contributed by atoms with van der Waals surface area (Å²) in [6.07, 6.45) is 1.05. The van der Waals surface area contributed by atoms with Crippen molar-refractivity contribution in [2.45, 2.75) is 13.3 Å². The van der Waals surface area contributed by atoms with Gasteiger partial charge in [0.05, 0.1) is 14.2 Å². The lowest BCUT2D eigenvalue weighted by Crippen LogP contribution is -2.28. The van der Waals surface area contributed by atoms with Crippen molar-refractivity contribution >= 4 is 11.3 Å². The standard InChI is InChI=1S/C21H23NO2/c1-14-13-22-10-9-16-11-18(23-2)19(24-3)12-17(16)21(22)20(14)15-7-5-4-6-8-15/h4-8,11-12,14H,9-10,13H2,1-3H3. The molecule has 3 heteroatoms. The maximum Gasteiger partial charge on any atom is 0.161 e. The summed E-state index contributed by atoms with van der Waals surface area (Å²) in [5, 5.41) is 0. The minimum Gasteiger partial charge on any atom is -0.493 e. The highest BCUT2D eigenvalue weighted by Crippen LogP contribution is 2.46. The summed E-state index contributed by atoms with van der Waals surface area (Å²) < 4.78 is 11.0. The molecule has 2 aromatic carbocycles. The fraction of sp³-hybridized carbons (Fsp3) is 0.333. The highest BCUT2D eigenvalue weighted by Gasteiger charge is 2.34. The van der Waals surface area contributed by atoms with Gasteiger partial charge in [-0.15, -0.1) is 0 Å². The first-order valence-corrected chi connectivity index (χ1v) is 8.52. The first kappa shape index (κ1) is 15.1. The molecule has 2 heterocycles. The normalized spacial score (nSPS) is 19.1. The third-order valence-corrected chi connectivity index (χ3v) is 5.16. The molecule has 2 aliphatic heterocycles. The molecule has 0 spiro atoms. The predicted octanol–water partition coefficient (Wildman–Crippen LogP) is 4.08. The van der Waals surface area contributed by atoms with Crippen LogP contribution in [0.25, 0.3) is 11.3 Å². The van der Waals surface area contributed by atoms with Gasteiger partial charge >= 0.3 is 0 Å². The fourth-order valence-corrected chi connectivity index (χ4v) is 4.08. The van der Waals surface area contributed by atoms with Crippen LogP contribution in [0.15, 0.2) is 42.5 Å². The lowest BCUT2D eigenvalue weighted by atomic mass is 9.90. The number of hydrogen-bond donors (Lipinski definition) is 0. The molecule has 4 rings (SSSR count). The summed E-state index contributed by atoms with van der Waals surface area (Å²) in [4.78, 5) is 2.53. The minimum absolute atomic E-state index is 0.529. The van der Waals surface area contributed by atoms with Crippen LogP contribution in [-0.4, -0.2) is 32.2 Å². The molecule has 124 valence electrons. The predicted molar refractivity (Wildman–Crippen MR) is 97.2 cm³/mol. The van der Waals surface area contributed by atoms with Crippen molar-refractivity contribution in [1.29, 1.82) is 0 Å². The summed E-state index contributed by atoms with van der Waals surface area (Å²) >= 11 is 0. The molecular formula is C21H23NO2. The van der Waals surface area contributed by atoms with Crippen LogP contribution in [0, 0.1) is 5.92 Å². The molecule has 0 radical (unpaired) electrons. The first-order valence-electron chi connectivity index (χ1n) is 8.52. The van der Waals surface area contributed by atoms with Crippen molar-refractivity contribution in [2.75, 3.05) is 27.3 Å². The number of hydrogen-bond acceptors (Lipinski definition) is 3. The molecule has 2 aliphatic rings. The Bertz CT molecular complexity index is 795. The Morgan fingerprint density at radius 1 is 1.00 bits per heavy atom. The molecule has 0 aliphatic carbocycles. The van der Waals surface area contributed by atoms with Gasteiger partial charge in [-0.05, 0) is 35.3 Å². The van der Waals surface area contributed by atoms with Crippen molar-refractivity contribution in [2.24, 2.45) is 5.92 Å². The number of methoxy groups -OCH3 is 2. The molecule has 0 saturated carbocycles. The maximum atomic E-state index is 5.55. The molecule has 0 fully saturated rings. The third-order valence-electron chi connectivity index (χ3n) is 5.16. The number of benzene rings is 2. The van der Waals surface area contributed by atoms with E-state index < -0.39 is 0 Å². The Hall–Kier alpha value is -2.42. The second kappa shape index (κ2) is 5.90. The van der Waals surface area contributed by atoms with Gasteiger partial charge in [0.15, 0.2) is 11.5 Å². The van der Waals surface area contributed by atoms with E-state index in [1.54, 1.807) is 14.2 Å². The van der Waals surface area contributed by atoms with Crippen molar-refractivity contribution in [3.8, 4) is 11.5 Å². The maximum absolute atomic E-state index is 5.55. The zero-order valence-corrected chi connectivity index (χ0v) is 14.5. The molecule has 1 atom stereocenters. The van der Waals surface area contributed by atoms with Crippen LogP contribution < -0.4 is 9.47 Å². The topological polar surface area (TPSA) is 21.7 Å². The molecule has 24 heavy (non-hydrogen) atoms. The van der Waals surface area contributed by atoms with Crippen LogP contribution in [-0.2, 0) is 6.42 Å². The minimum atomic E-state index is 0.529. The molecule has 0 aromatic heterocycles. The molecule has 0 saturated heterocycles. The highest BCUT2D eigenvalue weighted by molar-refractivity contribution is 5.95. The van der Waals surface area contributed by atoms with Gasteiger partial charge in [0.25, 0.3) is 0 Å². The second-order valence-electron chi connectivity index (χ2n) is 6.59. The molecule has 0 N–H and O–H groups in total. The van der Waals surface area contributed by atoms with Gasteiger partial charge < -0.3 is 14.4 Å². The smallest absolute Gasteiger partial charge is 0.161 e. The van der Waals surface area contributed by atoms with Crippen LogP contribution in [0.3, 0.4) is 0 Å².